The number of carbonyl (C=O) groups is 1. The van der Waals surface area contributed by atoms with Crippen LogP contribution in [0.4, 0.5) is 0 Å². The Morgan fingerprint density at radius 2 is 1.44 bits per heavy atom. The van der Waals surface area contributed by atoms with E-state index in [-0.39, 0.29) is 17.2 Å². The van der Waals surface area contributed by atoms with E-state index in [9.17, 15) is 9.59 Å². The fourth-order valence-corrected chi connectivity index (χ4v) is 14.7. The maximum Gasteiger partial charge on any atom is 0.374 e. The van der Waals surface area contributed by atoms with Crippen LogP contribution in [0.15, 0.2) is 99.0 Å². The molecule has 0 bridgehead atoms. The molecule has 2 unspecified atom stereocenters. The van der Waals surface area contributed by atoms with Crippen LogP contribution in [0, 0.1) is 0 Å². The second-order valence-electron chi connectivity index (χ2n) is 16.2. The van der Waals surface area contributed by atoms with E-state index in [4.69, 9.17) is 42.0 Å². The average Bonchev–Trinajstić information content (AvgIpc) is 3.61. The highest BCUT2D eigenvalue weighted by Crippen LogP contribution is 2.58. The van der Waals surface area contributed by atoms with Crippen LogP contribution < -0.4 is 44.4 Å². The Hall–Kier alpha value is -5.63. The van der Waals surface area contributed by atoms with Gasteiger partial charge in [-0.25, -0.2) is 9.59 Å². The molecule has 2 aliphatic heterocycles. The minimum atomic E-state index is -3.24. The Kier molecular flexibility index (Phi) is 11.3. The molecule has 0 saturated heterocycles. The number of ether oxygens (including phenoxy) is 7. The average molecular weight is 863 g/mol. The number of hydrogen-bond acceptors (Lipinski definition) is 12. The highest BCUT2D eigenvalue weighted by Gasteiger charge is 2.56. The Morgan fingerprint density at radius 1 is 0.803 bits per heavy atom. The quantitative estimate of drug-likeness (QED) is 0.0664. The molecule has 1 aromatic heterocycles. The van der Waals surface area contributed by atoms with E-state index in [0.717, 1.165) is 33.3 Å². The number of carbonyl (C=O) groups excluding carboxylic acids is 1. The van der Waals surface area contributed by atoms with E-state index in [1.807, 2.05) is 24.3 Å². The maximum atomic E-state index is 14.0. The first-order valence-corrected chi connectivity index (χ1v) is 23.1. The van der Waals surface area contributed by atoms with Gasteiger partial charge in [0.2, 0.25) is 5.76 Å². The molecule has 6 aromatic rings. The molecular formula is C48H50O11SSi. The third-order valence-electron chi connectivity index (χ3n) is 11.6. The minimum Gasteiger partial charge on any atom is -0.496 e. The normalized spacial score (nSPS) is 17.0. The molecule has 61 heavy (non-hydrogen) atoms. The second-order valence-corrected chi connectivity index (χ2v) is 21.6. The van der Waals surface area contributed by atoms with Crippen LogP contribution in [0.25, 0.3) is 21.5 Å². The van der Waals surface area contributed by atoms with Gasteiger partial charge in [0.25, 0.3) is 14.1 Å². The van der Waals surface area contributed by atoms with Gasteiger partial charge in [0, 0.05) is 22.6 Å². The zero-order chi connectivity index (χ0) is 43.3. The molecule has 3 heterocycles. The van der Waals surface area contributed by atoms with Gasteiger partial charge < -0.3 is 42.0 Å². The smallest absolute Gasteiger partial charge is 0.374 e. The minimum absolute atomic E-state index is 0.194. The van der Waals surface area contributed by atoms with Gasteiger partial charge in [-0.2, -0.15) is 0 Å². The predicted octanol–water partition coefficient (Wildman–Crippen LogP) is 9.00. The van der Waals surface area contributed by atoms with Gasteiger partial charge in [0.05, 0.1) is 70.2 Å². The largest absolute Gasteiger partial charge is 0.496 e. The van der Waals surface area contributed by atoms with Gasteiger partial charge in [-0.05, 0) is 51.2 Å². The summed E-state index contributed by atoms with van der Waals surface area (Å²) in [6.45, 7) is 8.78. The zero-order valence-electron chi connectivity index (χ0n) is 35.9. The van der Waals surface area contributed by atoms with E-state index in [1.165, 1.54) is 18.9 Å². The first kappa shape index (κ1) is 42.1. The van der Waals surface area contributed by atoms with Crippen molar-refractivity contribution in [3.8, 4) is 34.5 Å². The summed E-state index contributed by atoms with van der Waals surface area (Å²) in [5, 5.41) is 4.00. The fraction of sp³-hybridized carbons (Fsp3) is 0.333. The first-order chi connectivity index (χ1) is 29.4. The third kappa shape index (κ3) is 6.96. The van der Waals surface area contributed by atoms with Gasteiger partial charge in [0.15, 0.2) is 23.0 Å². The number of methoxy groups -OCH3 is 5. The maximum absolute atomic E-state index is 14.0. The lowest BCUT2D eigenvalue weighted by molar-refractivity contribution is -0.137. The molecule has 2 atom stereocenters. The second kappa shape index (κ2) is 16.3. The molecule has 318 valence electrons. The van der Waals surface area contributed by atoms with Gasteiger partial charge in [-0.1, -0.05) is 88.4 Å². The third-order valence-corrected chi connectivity index (χ3v) is 17.9. The zero-order valence-corrected chi connectivity index (χ0v) is 37.7. The Balaban J connectivity index is 1.41. The van der Waals surface area contributed by atoms with Crippen molar-refractivity contribution >= 4 is 58.0 Å². The fourth-order valence-electron chi connectivity index (χ4n) is 8.99. The number of fused-ring (bicyclic) bond motifs is 4. The Bertz CT molecular complexity index is 2650. The molecule has 0 saturated carbocycles. The molecular weight excluding hydrogens is 813 g/mol. The highest BCUT2D eigenvalue weighted by atomic mass is 32.2. The molecule has 2 aliphatic rings. The number of rotatable bonds is 12. The van der Waals surface area contributed by atoms with Crippen LogP contribution in [-0.4, -0.2) is 61.4 Å². The Morgan fingerprint density at radius 3 is 2.02 bits per heavy atom. The van der Waals surface area contributed by atoms with Crippen LogP contribution in [0.3, 0.4) is 0 Å². The van der Waals surface area contributed by atoms with Crippen LogP contribution in [0.5, 0.6) is 34.5 Å². The summed E-state index contributed by atoms with van der Waals surface area (Å²) in [6.07, 6.45) is 0.726. The first-order valence-electron chi connectivity index (χ1n) is 20.2. The number of hydrogen-bond donors (Lipinski definition) is 0. The summed E-state index contributed by atoms with van der Waals surface area (Å²) in [6, 6.07) is 28.2. The summed E-state index contributed by atoms with van der Waals surface area (Å²) in [5.74, 6) is 1.29. The lowest BCUT2D eigenvalue weighted by Gasteiger charge is -2.48. The van der Waals surface area contributed by atoms with Crippen molar-refractivity contribution in [1.82, 2.24) is 0 Å². The van der Waals surface area contributed by atoms with Crippen molar-refractivity contribution in [3.05, 3.63) is 112 Å². The van der Waals surface area contributed by atoms with Crippen molar-refractivity contribution in [1.29, 1.82) is 0 Å². The molecule has 5 aromatic carbocycles. The van der Waals surface area contributed by atoms with Crippen LogP contribution in [0.1, 0.15) is 68.3 Å². The van der Waals surface area contributed by atoms with Crippen molar-refractivity contribution in [2.24, 2.45) is 0 Å². The van der Waals surface area contributed by atoms with Crippen molar-refractivity contribution in [2.75, 3.05) is 41.3 Å². The molecule has 1 spiro atoms. The van der Waals surface area contributed by atoms with Crippen LogP contribution in [0.2, 0.25) is 5.04 Å². The van der Waals surface area contributed by atoms with Gasteiger partial charge in [-0.15, -0.1) is 11.8 Å². The number of thioether (sulfide) groups is 1. The summed E-state index contributed by atoms with van der Waals surface area (Å²) < 4.78 is 56.7. The topological polar surface area (TPSA) is 121 Å². The van der Waals surface area contributed by atoms with Crippen molar-refractivity contribution < 1.29 is 46.8 Å². The summed E-state index contributed by atoms with van der Waals surface area (Å²) in [4.78, 5) is 27.4. The molecule has 11 nitrogen and oxygen atoms in total. The Labute approximate surface area is 360 Å². The standard InChI is InChI=1S/C48H50O11SSi/c1-10-21-60-44-38-28(24-36(45(49)55-9)56-46(38)50)22-33-37(59-61(47(2,3)4,30-17-13-11-14-18-30)31-19-15-12-16-20-31)27-48(58-41(33)44)26-29-23-32-34(51-5)25-35(52-6)42(53-7)39(32)43(54-8)40(29)57-48/h11-20,22-25,37H,10,21,26-27H2,1-9H3. The summed E-state index contributed by atoms with van der Waals surface area (Å²) >= 11 is 1.49. The number of benzene rings is 5. The summed E-state index contributed by atoms with van der Waals surface area (Å²) in [5.41, 5.74) is 0.882. The highest BCUT2D eigenvalue weighted by molar-refractivity contribution is 7.99. The van der Waals surface area contributed by atoms with Gasteiger partial charge in [0.1, 0.15) is 11.5 Å². The molecule has 0 fully saturated rings. The van der Waals surface area contributed by atoms with Crippen LogP contribution >= 0.6 is 11.8 Å². The van der Waals surface area contributed by atoms with Crippen molar-refractivity contribution in [3.63, 3.8) is 0 Å². The predicted molar refractivity (Wildman–Crippen MR) is 239 cm³/mol. The summed E-state index contributed by atoms with van der Waals surface area (Å²) in [7, 11) is 4.36. The van der Waals surface area contributed by atoms with E-state index in [1.54, 1.807) is 40.6 Å². The van der Waals surface area contributed by atoms with E-state index in [2.05, 4.69) is 76.2 Å². The van der Waals surface area contributed by atoms with E-state index < -0.39 is 31.8 Å². The molecule has 0 amide bonds. The van der Waals surface area contributed by atoms with E-state index in [0.29, 0.717) is 67.7 Å². The molecule has 13 heteroatoms. The SMILES string of the molecule is CCCSc1c2c(cc3cc(C(=O)OC)oc(=O)c13)C(O[Si](c1ccccc1)(c1ccccc1)C(C)(C)C)CC1(Cc3cc4c(OC)cc(OC)c(OC)c4c(OC)c3O1)O2. The number of esters is 1. The van der Waals surface area contributed by atoms with E-state index >= 15 is 0 Å². The molecule has 0 radical (unpaired) electrons. The molecule has 8 rings (SSSR count). The van der Waals surface area contributed by atoms with Crippen LogP contribution in [-0.2, 0) is 15.6 Å². The van der Waals surface area contributed by atoms with Gasteiger partial charge >= 0.3 is 11.6 Å². The van der Waals surface area contributed by atoms with Crippen molar-refractivity contribution in [2.45, 2.75) is 68.8 Å². The van der Waals surface area contributed by atoms with Gasteiger partial charge in [-0.3, -0.25) is 0 Å². The molecule has 0 N–H and O–H groups in total. The molecule has 0 aliphatic carbocycles. The lowest BCUT2D eigenvalue weighted by atomic mass is 9.91. The monoisotopic (exact) mass is 862 g/mol. The lowest BCUT2D eigenvalue weighted by Crippen LogP contribution is -2.67.